The summed E-state index contributed by atoms with van der Waals surface area (Å²) in [7, 11) is 1.63. The topological polar surface area (TPSA) is 41.1 Å². The molecule has 16 heavy (non-hydrogen) atoms. The van der Waals surface area contributed by atoms with Gasteiger partial charge in [-0.25, -0.2) is 4.79 Å². The van der Waals surface area contributed by atoms with Crippen LogP contribution in [0.5, 0.6) is 0 Å². The highest BCUT2D eigenvalue weighted by atomic mass is 79.9. The Hall–Kier alpha value is -1.03. The quantitative estimate of drug-likeness (QED) is 0.878. The van der Waals surface area contributed by atoms with Gasteiger partial charge in [0, 0.05) is 23.5 Å². The van der Waals surface area contributed by atoms with E-state index in [4.69, 9.17) is 0 Å². The van der Waals surface area contributed by atoms with E-state index in [1.807, 2.05) is 12.1 Å². The third-order valence-corrected chi connectivity index (χ3v) is 3.80. The maximum absolute atomic E-state index is 11.2. The van der Waals surface area contributed by atoms with Crippen LogP contribution in [0.15, 0.2) is 28.7 Å². The fourth-order valence-corrected chi connectivity index (χ4v) is 2.63. The molecule has 1 aromatic rings. The van der Waals surface area contributed by atoms with E-state index in [2.05, 4.69) is 38.7 Å². The molecule has 1 saturated carbocycles. The standard InChI is InChI=1S/C12H15BrN2O/c1-14-11(16)15-8-12(6-7-12)9-4-2-3-5-10(9)13/h2-5H,6-8H2,1H3,(H2,14,15,16). The Bertz CT molecular complexity index is 402. The zero-order valence-electron chi connectivity index (χ0n) is 9.22. The summed E-state index contributed by atoms with van der Waals surface area (Å²) in [6.45, 7) is 0.704. The number of halogens is 1. The van der Waals surface area contributed by atoms with E-state index in [1.54, 1.807) is 7.05 Å². The van der Waals surface area contributed by atoms with Crippen LogP contribution in [0, 0.1) is 0 Å². The van der Waals surface area contributed by atoms with Gasteiger partial charge in [-0.1, -0.05) is 34.1 Å². The van der Waals surface area contributed by atoms with Gasteiger partial charge in [-0.2, -0.15) is 0 Å². The van der Waals surface area contributed by atoms with Crippen molar-refractivity contribution in [3.63, 3.8) is 0 Å². The van der Waals surface area contributed by atoms with Gasteiger partial charge in [-0.3, -0.25) is 0 Å². The first kappa shape index (κ1) is 11.5. The van der Waals surface area contributed by atoms with Crippen LogP contribution < -0.4 is 10.6 Å². The number of benzene rings is 1. The number of urea groups is 1. The van der Waals surface area contributed by atoms with Gasteiger partial charge in [0.05, 0.1) is 0 Å². The van der Waals surface area contributed by atoms with E-state index in [1.165, 1.54) is 5.56 Å². The molecule has 0 bridgehead atoms. The molecule has 1 fully saturated rings. The van der Waals surface area contributed by atoms with Gasteiger partial charge in [0.1, 0.15) is 0 Å². The number of rotatable bonds is 3. The van der Waals surface area contributed by atoms with Crippen LogP contribution in [0.25, 0.3) is 0 Å². The minimum atomic E-state index is -0.113. The Labute approximate surface area is 104 Å². The number of carbonyl (C=O) groups excluding carboxylic acids is 1. The lowest BCUT2D eigenvalue weighted by Gasteiger charge is -2.17. The summed E-state index contributed by atoms with van der Waals surface area (Å²) in [6.07, 6.45) is 2.28. The van der Waals surface area contributed by atoms with Crippen LogP contribution in [-0.4, -0.2) is 19.6 Å². The monoisotopic (exact) mass is 282 g/mol. The number of amides is 2. The molecule has 2 rings (SSSR count). The van der Waals surface area contributed by atoms with Gasteiger partial charge in [-0.05, 0) is 24.5 Å². The summed E-state index contributed by atoms with van der Waals surface area (Å²) >= 11 is 3.57. The molecule has 0 saturated heterocycles. The fraction of sp³-hybridized carbons (Fsp3) is 0.417. The van der Waals surface area contributed by atoms with Gasteiger partial charge < -0.3 is 10.6 Å². The first-order chi connectivity index (χ1) is 7.68. The molecule has 0 unspecified atom stereocenters. The Morgan fingerprint density at radius 3 is 2.69 bits per heavy atom. The third-order valence-electron chi connectivity index (χ3n) is 3.11. The fourth-order valence-electron chi connectivity index (χ4n) is 1.92. The minimum absolute atomic E-state index is 0.113. The maximum atomic E-state index is 11.2. The van der Waals surface area contributed by atoms with Crippen molar-refractivity contribution >= 4 is 22.0 Å². The highest BCUT2D eigenvalue weighted by molar-refractivity contribution is 9.10. The predicted molar refractivity (Wildman–Crippen MR) is 67.5 cm³/mol. The summed E-state index contributed by atoms with van der Waals surface area (Å²) in [5.74, 6) is 0. The first-order valence-corrected chi connectivity index (χ1v) is 6.18. The van der Waals surface area contributed by atoms with Gasteiger partial charge in [0.25, 0.3) is 0 Å². The first-order valence-electron chi connectivity index (χ1n) is 5.38. The minimum Gasteiger partial charge on any atom is -0.341 e. The third kappa shape index (κ3) is 2.21. The normalized spacial score (nSPS) is 16.6. The van der Waals surface area contributed by atoms with Crippen LogP contribution in [0.1, 0.15) is 18.4 Å². The number of hydrogen-bond acceptors (Lipinski definition) is 1. The largest absolute Gasteiger partial charge is 0.341 e. The van der Waals surface area contributed by atoms with Crippen LogP contribution in [0.3, 0.4) is 0 Å². The van der Waals surface area contributed by atoms with E-state index >= 15 is 0 Å². The second-order valence-corrected chi connectivity index (χ2v) is 5.05. The van der Waals surface area contributed by atoms with Gasteiger partial charge in [-0.15, -0.1) is 0 Å². The SMILES string of the molecule is CNC(=O)NCC1(c2ccccc2Br)CC1. The number of hydrogen-bond donors (Lipinski definition) is 2. The van der Waals surface area contributed by atoms with Crippen LogP contribution >= 0.6 is 15.9 Å². The number of carbonyl (C=O) groups is 1. The molecule has 1 aromatic carbocycles. The highest BCUT2D eigenvalue weighted by Gasteiger charge is 2.45. The van der Waals surface area contributed by atoms with Crippen LogP contribution in [-0.2, 0) is 5.41 Å². The van der Waals surface area contributed by atoms with Crippen LogP contribution in [0.2, 0.25) is 0 Å². The Morgan fingerprint density at radius 2 is 2.12 bits per heavy atom. The molecular formula is C12H15BrN2O. The lowest BCUT2D eigenvalue weighted by Crippen LogP contribution is -2.38. The van der Waals surface area contributed by atoms with E-state index in [-0.39, 0.29) is 11.4 Å². The van der Waals surface area contributed by atoms with E-state index in [0.717, 1.165) is 17.3 Å². The maximum Gasteiger partial charge on any atom is 0.314 e. The second-order valence-electron chi connectivity index (χ2n) is 4.19. The number of nitrogens with one attached hydrogen (secondary N) is 2. The molecule has 0 aliphatic heterocycles. The molecule has 0 heterocycles. The second kappa shape index (κ2) is 4.45. The summed E-state index contributed by atoms with van der Waals surface area (Å²) < 4.78 is 1.13. The van der Waals surface area contributed by atoms with Crippen molar-refractivity contribution in [2.24, 2.45) is 0 Å². The average Bonchev–Trinajstić information content (AvgIpc) is 3.07. The van der Waals surface area contributed by atoms with Crippen molar-refractivity contribution in [2.45, 2.75) is 18.3 Å². The molecule has 86 valence electrons. The van der Waals surface area contributed by atoms with Crippen molar-refractivity contribution in [3.8, 4) is 0 Å². The van der Waals surface area contributed by atoms with Crippen molar-refractivity contribution < 1.29 is 4.79 Å². The predicted octanol–water partition coefficient (Wildman–Crippen LogP) is 2.41. The zero-order valence-corrected chi connectivity index (χ0v) is 10.8. The summed E-state index contributed by atoms with van der Waals surface area (Å²) in [5.41, 5.74) is 1.44. The Balaban J connectivity index is 2.09. The molecule has 1 aliphatic carbocycles. The molecule has 0 aromatic heterocycles. The molecule has 0 atom stereocenters. The molecule has 0 radical (unpaired) electrons. The molecule has 0 spiro atoms. The molecular weight excluding hydrogens is 268 g/mol. The highest BCUT2D eigenvalue weighted by Crippen LogP contribution is 2.49. The molecule has 2 amide bonds. The Kier molecular flexibility index (Phi) is 3.19. The summed E-state index contributed by atoms with van der Waals surface area (Å²) in [4.78, 5) is 11.2. The van der Waals surface area contributed by atoms with E-state index in [9.17, 15) is 4.79 Å². The van der Waals surface area contributed by atoms with Crippen molar-refractivity contribution in [1.82, 2.24) is 10.6 Å². The molecule has 1 aliphatic rings. The molecule has 2 N–H and O–H groups in total. The molecule has 4 heteroatoms. The Morgan fingerprint density at radius 1 is 1.44 bits per heavy atom. The average molecular weight is 283 g/mol. The summed E-state index contributed by atoms with van der Waals surface area (Å²) in [6, 6.07) is 8.12. The summed E-state index contributed by atoms with van der Waals surface area (Å²) in [5, 5.41) is 5.46. The van der Waals surface area contributed by atoms with E-state index < -0.39 is 0 Å². The van der Waals surface area contributed by atoms with E-state index in [0.29, 0.717) is 6.54 Å². The van der Waals surface area contributed by atoms with Crippen molar-refractivity contribution in [2.75, 3.05) is 13.6 Å². The van der Waals surface area contributed by atoms with Gasteiger partial charge in [0.2, 0.25) is 0 Å². The van der Waals surface area contributed by atoms with Gasteiger partial charge in [0.15, 0.2) is 0 Å². The van der Waals surface area contributed by atoms with Crippen molar-refractivity contribution in [1.29, 1.82) is 0 Å². The molecule has 3 nitrogen and oxygen atoms in total. The van der Waals surface area contributed by atoms with Gasteiger partial charge >= 0.3 is 6.03 Å². The van der Waals surface area contributed by atoms with Crippen LogP contribution in [0.4, 0.5) is 4.79 Å². The van der Waals surface area contributed by atoms with Crippen molar-refractivity contribution in [3.05, 3.63) is 34.3 Å². The zero-order chi connectivity index (χ0) is 11.6. The lowest BCUT2D eigenvalue weighted by molar-refractivity contribution is 0.242. The lowest BCUT2D eigenvalue weighted by atomic mass is 9.96. The smallest absolute Gasteiger partial charge is 0.314 e.